The Morgan fingerprint density at radius 1 is 0.947 bits per heavy atom. The molecule has 0 aromatic rings. The Labute approximate surface area is 119 Å². The van der Waals surface area contributed by atoms with Crippen molar-refractivity contribution >= 4 is 14.3 Å². The zero-order chi connectivity index (χ0) is 14.6. The van der Waals surface area contributed by atoms with E-state index in [1.54, 1.807) is 0 Å². The van der Waals surface area contributed by atoms with Crippen molar-refractivity contribution < 1.29 is 14.3 Å². The first kappa shape index (κ1) is 18.6. The minimum absolute atomic E-state index is 0.0986. The van der Waals surface area contributed by atoms with Gasteiger partial charge in [-0.1, -0.05) is 59.3 Å². The Morgan fingerprint density at radius 3 is 1.68 bits per heavy atom. The quantitative estimate of drug-likeness (QED) is 0.546. The van der Waals surface area contributed by atoms with Gasteiger partial charge < -0.3 is 9.53 Å². The lowest BCUT2D eigenvalue weighted by molar-refractivity contribution is -0.136. The molecule has 1 N–H and O–H groups in total. The van der Waals surface area contributed by atoms with Crippen molar-refractivity contribution in [3.8, 4) is 0 Å². The molecule has 0 bridgehead atoms. The van der Waals surface area contributed by atoms with Gasteiger partial charge in [-0.05, 0) is 18.1 Å². The number of rotatable bonds is 12. The number of unbranched alkanes of at least 4 members (excludes halogenated alkanes) is 3. The highest BCUT2D eigenvalue weighted by Gasteiger charge is 2.36. The van der Waals surface area contributed by atoms with Crippen LogP contribution in [0.1, 0.15) is 65.7 Å². The monoisotopic (exact) mass is 288 g/mol. The summed E-state index contributed by atoms with van der Waals surface area (Å²) in [7, 11) is -1.92. The van der Waals surface area contributed by atoms with Crippen molar-refractivity contribution in [1.29, 1.82) is 0 Å². The fourth-order valence-corrected chi connectivity index (χ4v) is 7.04. The predicted octanol–water partition coefficient (Wildman–Crippen LogP) is 4.26. The first-order valence-corrected chi connectivity index (χ1v) is 10.5. The number of carbonyl (C=O) groups excluding carboxylic acids is 1. The van der Waals surface area contributed by atoms with Crippen LogP contribution < -0.4 is 0 Å². The van der Waals surface area contributed by atoms with E-state index in [0.717, 1.165) is 56.7 Å². The number of hydrogen-bond acceptors (Lipinski definition) is 3. The maximum atomic E-state index is 11.8. The predicted molar refractivity (Wildman–Crippen MR) is 82.7 cm³/mol. The number of carbonyl (C=O) groups is 1. The average Bonchev–Trinajstić information content (AvgIpc) is 2.40. The van der Waals surface area contributed by atoms with Crippen LogP contribution in [0.15, 0.2) is 0 Å². The largest absolute Gasteiger partial charge is 0.519 e. The molecule has 0 aliphatic heterocycles. The van der Waals surface area contributed by atoms with Crippen molar-refractivity contribution in [2.24, 2.45) is 0 Å². The molecule has 0 saturated heterocycles. The topological polar surface area (TPSA) is 46.5 Å². The molecule has 114 valence electrons. The molecule has 0 spiro atoms. The highest BCUT2D eigenvalue weighted by molar-refractivity contribution is 6.75. The molecule has 0 atom stereocenters. The van der Waals surface area contributed by atoms with E-state index in [-0.39, 0.29) is 19.0 Å². The summed E-state index contributed by atoms with van der Waals surface area (Å²) in [5.74, 6) is -0.183. The zero-order valence-electron chi connectivity index (χ0n) is 13.0. The van der Waals surface area contributed by atoms with Gasteiger partial charge in [0.1, 0.15) is 0 Å². The van der Waals surface area contributed by atoms with Gasteiger partial charge in [0.2, 0.25) is 0 Å². The van der Waals surface area contributed by atoms with Crippen LogP contribution in [0.4, 0.5) is 0 Å². The molecule has 4 heteroatoms. The molecule has 3 nitrogen and oxygen atoms in total. The third-order valence-electron chi connectivity index (χ3n) is 3.60. The molecule has 0 saturated carbocycles. The number of aliphatic hydroxyl groups excluding tert-OH is 1. The van der Waals surface area contributed by atoms with Gasteiger partial charge in [-0.2, -0.15) is 0 Å². The van der Waals surface area contributed by atoms with Crippen LogP contribution in [0, 0.1) is 0 Å². The van der Waals surface area contributed by atoms with Gasteiger partial charge in [-0.3, -0.25) is 4.79 Å². The lowest BCUT2D eigenvalue weighted by Gasteiger charge is -2.31. The van der Waals surface area contributed by atoms with Crippen LogP contribution in [-0.2, 0) is 9.22 Å². The SMILES string of the molecule is CCCC[Si](CCCC)(CCCC)OC(=O)CCO. The standard InChI is InChI=1S/C15H32O3Si/c1-4-7-12-19(13-8-5-2,14-9-6-3)18-15(17)10-11-16/h16H,4-14H2,1-3H3. The Kier molecular flexibility index (Phi) is 11.3. The summed E-state index contributed by atoms with van der Waals surface area (Å²) in [5.41, 5.74) is 0. The lowest BCUT2D eigenvalue weighted by Crippen LogP contribution is -2.40. The third kappa shape index (κ3) is 8.42. The highest BCUT2D eigenvalue weighted by atomic mass is 28.4. The summed E-state index contributed by atoms with van der Waals surface area (Å²) >= 11 is 0. The number of hydrogen-bond donors (Lipinski definition) is 1. The summed E-state index contributed by atoms with van der Waals surface area (Å²) in [4.78, 5) is 11.8. The smallest absolute Gasteiger partial charge is 0.294 e. The van der Waals surface area contributed by atoms with Crippen LogP contribution in [0.2, 0.25) is 18.1 Å². The van der Waals surface area contributed by atoms with Crippen molar-refractivity contribution in [2.45, 2.75) is 83.8 Å². The second-order valence-corrected chi connectivity index (χ2v) is 9.51. The van der Waals surface area contributed by atoms with Crippen molar-refractivity contribution in [3.05, 3.63) is 0 Å². The molecule has 0 aliphatic rings. The lowest BCUT2D eigenvalue weighted by atomic mass is 10.4. The van der Waals surface area contributed by atoms with Crippen molar-refractivity contribution in [1.82, 2.24) is 0 Å². The van der Waals surface area contributed by atoms with Crippen molar-refractivity contribution in [3.63, 3.8) is 0 Å². The van der Waals surface area contributed by atoms with Gasteiger partial charge in [0.15, 0.2) is 0 Å². The van der Waals surface area contributed by atoms with Crippen LogP contribution in [-0.4, -0.2) is 26.0 Å². The minimum Gasteiger partial charge on any atom is -0.519 e. The van der Waals surface area contributed by atoms with Gasteiger partial charge in [-0.15, -0.1) is 0 Å². The summed E-state index contributed by atoms with van der Waals surface area (Å²) in [6.45, 7) is 6.47. The van der Waals surface area contributed by atoms with Gasteiger partial charge in [0, 0.05) is 0 Å². The van der Waals surface area contributed by atoms with E-state index in [1.807, 2.05) is 0 Å². The van der Waals surface area contributed by atoms with E-state index >= 15 is 0 Å². The normalized spacial score (nSPS) is 11.6. The average molecular weight is 289 g/mol. The fraction of sp³-hybridized carbons (Fsp3) is 0.933. The molecule has 0 heterocycles. The molecule has 0 aliphatic carbocycles. The van der Waals surface area contributed by atoms with E-state index in [9.17, 15) is 4.79 Å². The summed E-state index contributed by atoms with van der Waals surface area (Å²) in [6.07, 6.45) is 7.10. The minimum atomic E-state index is -1.92. The summed E-state index contributed by atoms with van der Waals surface area (Å²) in [5, 5.41) is 8.88. The molecular formula is C15H32O3Si. The molecule has 0 amide bonds. The van der Waals surface area contributed by atoms with E-state index < -0.39 is 8.32 Å². The Hall–Kier alpha value is -0.353. The van der Waals surface area contributed by atoms with Gasteiger partial charge in [-0.25, -0.2) is 0 Å². The van der Waals surface area contributed by atoms with Gasteiger partial charge >= 0.3 is 0 Å². The second-order valence-electron chi connectivity index (χ2n) is 5.44. The molecule has 0 unspecified atom stereocenters. The molecule has 0 rings (SSSR count). The Balaban J connectivity index is 4.70. The third-order valence-corrected chi connectivity index (χ3v) is 8.06. The van der Waals surface area contributed by atoms with E-state index in [2.05, 4.69) is 20.8 Å². The zero-order valence-corrected chi connectivity index (χ0v) is 14.0. The highest BCUT2D eigenvalue weighted by Crippen LogP contribution is 2.30. The molecule has 0 aromatic carbocycles. The Morgan fingerprint density at radius 2 is 1.37 bits per heavy atom. The van der Waals surface area contributed by atoms with E-state index in [1.165, 1.54) is 0 Å². The van der Waals surface area contributed by atoms with Crippen molar-refractivity contribution in [2.75, 3.05) is 6.61 Å². The first-order chi connectivity index (χ1) is 9.14. The molecule has 0 aromatic heterocycles. The maximum Gasteiger partial charge on any atom is 0.294 e. The van der Waals surface area contributed by atoms with E-state index in [4.69, 9.17) is 9.53 Å². The summed E-state index contributed by atoms with van der Waals surface area (Å²) < 4.78 is 5.92. The first-order valence-electron chi connectivity index (χ1n) is 7.96. The Bertz CT molecular complexity index is 210. The molecule has 0 radical (unpaired) electrons. The van der Waals surface area contributed by atoms with Crippen LogP contribution in [0.3, 0.4) is 0 Å². The van der Waals surface area contributed by atoms with E-state index in [0.29, 0.717) is 0 Å². The van der Waals surface area contributed by atoms with Crippen LogP contribution >= 0.6 is 0 Å². The van der Waals surface area contributed by atoms with Gasteiger partial charge in [0.05, 0.1) is 13.0 Å². The maximum absolute atomic E-state index is 11.8. The van der Waals surface area contributed by atoms with Gasteiger partial charge in [0.25, 0.3) is 14.3 Å². The van der Waals surface area contributed by atoms with Crippen LogP contribution in [0.5, 0.6) is 0 Å². The molecule has 19 heavy (non-hydrogen) atoms. The number of aliphatic hydroxyl groups is 1. The second kappa shape index (κ2) is 11.5. The molecule has 0 fully saturated rings. The van der Waals surface area contributed by atoms with Crippen LogP contribution in [0.25, 0.3) is 0 Å². The fourth-order valence-electron chi connectivity index (χ4n) is 2.41. The summed E-state index contributed by atoms with van der Waals surface area (Å²) in [6, 6.07) is 3.29. The molecular weight excluding hydrogens is 256 g/mol.